The summed E-state index contributed by atoms with van der Waals surface area (Å²) in [5.74, 6) is -5.39. The number of likely N-dealkylation sites (tertiary alicyclic amines) is 1. The first-order valence-electron chi connectivity index (χ1n) is 9.20. The molecule has 7 nitrogen and oxygen atoms in total. The molecule has 1 aromatic carbocycles. The number of fused-ring (bicyclic) bond motifs is 1. The number of thioether (sulfide) groups is 1. The number of carbonyl (C=O) groups excluding carboxylic acids is 4. The van der Waals surface area contributed by atoms with E-state index in [1.54, 1.807) is 0 Å². The SMILES string of the molecule is O=C(COC(=O)CN1C(=O)[C@H]2CCCC[C@H]2C1=O)Nc1ccc(SC(F)F)cc1. The summed E-state index contributed by atoms with van der Waals surface area (Å²) in [6.07, 6.45) is 3.08. The zero-order chi connectivity index (χ0) is 21.0. The van der Waals surface area contributed by atoms with Gasteiger partial charge in [-0.3, -0.25) is 24.1 Å². The zero-order valence-electron chi connectivity index (χ0n) is 15.4. The van der Waals surface area contributed by atoms with Gasteiger partial charge in [0.15, 0.2) is 6.61 Å². The minimum atomic E-state index is -2.53. The summed E-state index contributed by atoms with van der Waals surface area (Å²) in [4.78, 5) is 49.8. The van der Waals surface area contributed by atoms with Crippen molar-refractivity contribution in [3.05, 3.63) is 24.3 Å². The number of alkyl halides is 2. The first kappa shape index (κ1) is 21.2. The van der Waals surface area contributed by atoms with E-state index in [9.17, 15) is 28.0 Å². The number of amides is 3. The Hall–Kier alpha value is -2.49. The predicted octanol–water partition coefficient (Wildman–Crippen LogP) is 2.66. The summed E-state index contributed by atoms with van der Waals surface area (Å²) < 4.78 is 29.4. The quantitative estimate of drug-likeness (QED) is 0.409. The van der Waals surface area contributed by atoms with Crippen LogP contribution in [0.4, 0.5) is 14.5 Å². The average Bonchev–Trinajstić information content (AvgIpc) is 2.93. The Bertz CT molecular complexity index is 778. The largest absolute Gasteiger partial charge is 0.454 e. The molecule has 10 heteroatoms. The zero-order valence-corrected chi connectivity index (χ0v) is 16.3. The molecule has 1 aliphatic carbocycles. The van der Waals surface area contributed by atoms with Crippen molar-refractivity contribution in [1.29, 1.82) is 0 Å². The summed E-state index contributed by atoms with van der Waals surface area (Å²) in [7, 11) is 0. The van der Waals surface area contributed by atoms with E-state index in [4.69, 9.17) is 4.74 Å². The number of nitrogens with one attached hydrogen (secondary N) is 1. The number of hydrogen-bond acceptors (Lipinski definition) is 6. The van der Waals surface area contributed by atoms with Crippen molar-refractivity contribution < 1.29 is 32.7 Å². The molecule has 2 aliphatic rings. The number of anilines is 1. The number of hydrogen-bond donors (Lipinski definition) is 1. The van der Waals surface area contributed by atoms with E-state index in [1.807, 2.05) is 0 Å². The van der Waals surface area contributed by atoms with Gasteiger partial charge in [0.25, 0.3) is 11.7 Å². The van der Waals surface area contributed by atoms with Crippen molar-refractivity contribution in [1.82, 2.24) is 4.90 Å². The second-order valence-electron chi connectivity index (χ2n) is 6.87. The van der Waals surface area contributed by atoms with Crippen molar-refractivity contribution in [3.63, 3.8) is 0 Å². The number of nitrogens with zero attached hydrogens (tertiary/aromatic N) is 1. The van der Waals surface area contributed by atoms with Gasteiger partial charge in [0.2, 0.25) is 11.8 Å². The summed E-state index contributed by atoms with van der Waals surface area (Å²) >= 11 is 0.388. The average molecular weight is 426 g/mol. The van der Waals surface area contributed by atoms with Gasteiger partial charge in [-0.25, -0.2) is 0 Å². The second kappa shape index (κ2) is 9.34. The molecule has 0 radical (unpaired) electrons. The van der Waals surface area contributed by atoms with E-state index in [-0.39, 0.29) is 23.7 Å². The molecule has 0 bridgehead atoms. The maximum atomic E-state index is 12.3. The molecule has 3 rings (SSSR count). The second-order valence-corrected chi connectivity index (χ2v) is 7.94. The van der Waals surface area contributed by atoms with Crippen LogP contribution in [0.5, 0.6) is 0 Å². The molecular formula is C19H20F2N2O5S. The highest BCUT2D eigenvalue weighted by Crippen LogP contribution is 2.37. The van der Waals surface area contributed by atoms with Crippen LogP contribution in [0.3, 0.4) is 0 Å². The highest BCUT2D eigenvalue weighted by Gasteiger charge is 2.48. The molecular weight excluding hydrogens is 406 g/mol. The number of halogens is 2. The molecule has 2 fully saturated rings. The highest BCUT2D eigenvalue weighted by molar-refractivity contribution is 7.99. The maximum absolute atomic E-state index is 12.3. The van der Waals surface area contributed by atoms with Gasteiger partial charge >= 0.3 is 5.97 Å². The van der Waals surface area contributed by atoms with E-state index in [0.717, 1.165) is 17.7 Å². The van der Waals surface area contributed by atoms with Crippen molar-refractivity contribution in [3.8, 4) is 0 Å². The van der Waals surface area contributed by atoms with E-state index in [2.05, 4.69) is 5.32 Å². The number of carbonyl (C=O) groups is 4. The van der Waals surface area contributed by atoms with Crippen LogP contribution in [-0.4, -0.2) is 47.5 Å². The van der Waals surface area contributed by atoms with Crippen LogP contribution >= 0.6 is 11.8 Å². The number of imide groups is 1. The van der Waals surface area contributed by atoms with Crippen LogP contribution in [0.15, 0.2) is 29.2 Å². The lowest BCUT2D eigenvalue weighted by Gasteiger charge is -2.19. The molecule has 1 saturated carbocycles. The number of ether oxygens (including phenoxy) is 1. The smallest absolute Gasteiger partial charge is 0.326 e. The highest BCUT2D eigenvalue weighted by atomic mass is 32.2. The fourth-order valence-electron chi connectivity index (χ4n) is 3.62. The van der Waals surface area contributed by atoms with Crippen LogP contribution < -0.4 is 5.32 Å². The Labute approximate surface area is 170 Å². The monoisotopic (exact) mass is 426 g/mol. The molecule has 1 aliphatic heterocycles. The Morgan fingerprint density at radius 2 is 1.69 bits per heavy atom. The van der Waals surface area contributed by atoms with Crippen LogP contribution in [0.2, 0.25) is 0 Å². The molecule has 1 heterocycles. The Balaban J connectivity index is 1.45. The van der Waals surface area contributed by atoms with E-state index < -0.39 is 30.8 Å². The third kappa shape index (κ3) is 5.31. The molecule has 0 unspecified atom stereocenters. The van der Waals surface area contributed by atoms with Crippen molar-refractivity contribution in [2.45, 2.75) is 36.3 Å². The molecule has 0 spiro atoms. The molecule has 1 saturated heterocycles. The van der Waals surface area contributed by atoms with Crippen LogP contribution in [0, 0.1) is 11.8 Å². The van der Waals surface area contributed by atoms with Crippen molar-refractivity contribution >= 4 is 41.1 Å². The van der Waals surface area contributed by atoms with Crippen LogP contribution in [0.25, 0.3) is 0 Å². The van der Waals surface area contributed by atoms with Crippen molar-refractivity contribution in [2.75, 3.05) is 18.5 Å². The third-order valence-corrected chi connectivity index (χ3v) is 5.67. The molecule has 3 amide bonds. The number of esters is 1. The Morgan fingerprint density at radius 1 is 1.10 bits per heavy atom. The van der Waals surface area contributed by atoms with Gasteiger partial charge in [-0.15, -0.1) is 0 Å². The molecule has 2 atom stereocenters. The molecule has 0 aromatic heterocycles. The molecule has 29 heavy (non-hydrogen) atoms. The summed E-state index contributed by atoms with van der Waals surface area (Å²) in [5, 5.41) is 2.47. The van der Waals surface area contributed by atoms with E-state index in [1.165, 1.54) is 24.3 Å². The topological polar surface area (TPSA) is 92.8 Å². The van der Waals surface area contributed by atoms with E-state index in [0.29, 0.717) is 35.2 Å². The summed E-state index contributed by atoms with van der Waals surface area (Å²) in [6.45, 7) is -1.09. The van der Waals surface area contributed by atoms with Gasteiger partial charge in [0.05, 0.1) is 11.8 Å². The first-order valence-corrected chi connectivity index (χ1v) is 10.1. The third-order valence-electron chi connectivity index (χ3n) is 4.95. The Morgan fingerprint density at radius 3 is 2.24 bits per heavy atom. The minimum absolute atomic E-state index is 0.345. The number of benzene rings is 1. The van der Waals surface area contributed by atoms with Gasteiger partial charge in [-0.1, -0.05) is 24.6 Å². The summed E-state index contributed by atoms with van der Waals surface area (Å²) in [6, 6.07) is 5.77. The van der Waals surface area contributed by atoms with Gasteiger partial charge in [-0.05, 0) is 37.1 Å². The van der Waals surface area contributed by atoms with Crippen molar-refractivity contribution in [2.24, 2.45) is 11.8 Å². The summed E-state index contributed by atoms with van der Waals surface area (Å²) in [5.41, 5.74) is 0.360. The predicted molar refractivity (Wildman–Crippen MR) is 100 cm³/mol. The lowest BCUT2D eigenvalue weighted by Crippen LogP contribution is -2.37. The van der Waals surface area contributed by atoms with Crippen LogP contribution in [-0.2, 0) is 23.9 Å². The molecule has 1 aromatic rings. The maximum Gasteiger partial charge on any atom is 0.326 e. The van der Waals surface area contributed by atoms with Gasteiger partial charge in [0.1, 0.15) is 6.54 Å². The minimum Gasteiger partial charge on any atom is -0.454 e. The standard InChI is InChI=1S/C19H20F2N2O5S/c20-19(21)29-12-7-5-11(6-8-12)22-15(24)10-28-16(25)9-23-17(26)13-3-1-2-4-14(13)18(23)27/h5-8,13-14,19H,1-4,9-10H2,(H,22,24)/t13-,14+. The lowest BCUT2D eigenvalue weighted by atomic mass is 9.81. The van der Waals surface area contributed by atoms with E-state index >= 15 is 0 Å². The van der Waals surface area contributed by atoms with Crippen LogP contribution in [0.1, 0.15) is 25.7 Å². The van der Waals surface area contributed by atoms with Gasteiger partial charge < -0.3 is 10.1 Å². The molecule has 156 valence electrons. The Kier molecular flexibility index (Phi) is 6.83. The van der Waals surface area contributed by atoms with Gasteiger partial charge in [-0.2, -0.15) is 8.78 Å². The fraction of sp³-hybridized carbons (Fsp3) is 0.474. The van der Waals surface area contributed by atoms with Gasteiger partial charge in [0, 0.05) is 10.6 Å². The normalized spacial score (nSPS) is 21.3. The molecule has 1 N–H and O–H groups in total. The number of rotatable bonds is 7. The lowest BCUT2D eigenvalue weighted by molar-refractivity contribution is -0.154. The fourth-order valence-corrected chi connectivity index (χ4v) is 4.12. The first-order chi connectivity index (χ1) is 13.8.